The van der Waals surface area contributed by atoms with E-state index in [1.807, 2.05) is 0 Å². The van der Waals surface area contributed by atoms with E-state index < -0.39 is 18.0 Å². The standard InChI is InChI=1S/C14H16ClFN4O2/c1-20-8-9(6-19-20)5-17-14(22)18-7-13(21)10-2-3-11(15)12(16)4-10/h2-4,6,8,13,21H,5,7H2,1H3,(H2,17,18,22)/t13-/m0/s1. The van der Waals surface area contributed by atoms with Gasteiger partial charge in [-0.1, -0.05) is 17.7 Å². The van der Waals surface area contributed by atoms with Gasteiger partial charge in [-0.15, -0.1) is 0 Å². The second-order valence-electron chi connectivity index (χ2n) is 4.78. The SMILES string of the molecule is Cn1cc(CNC(=O)NC[C@H](O)c2ccc(Cl)c(F)c2)cn1. The Bertz CT molecular complexity index is 662. The minimum Gasteiger partial charge on any atom is -0.387 e. The molecule has 2 aromatic rings. The van der Waals surface area contributed by atoms with Crippen LogP contribution >= 0.6 is 11.6 Å². The fourth-order valence-electron chi connectivity index (χ4n) is 1.83. The molecule has 0 saturated carbocycles. The lowest BCUT2D eigenvalue weighted by Crippen LogP contribution is -2.37. The number of halogens is 2. The number of hydrogen-bond donors (Lipinski definition) is 3. The van der Waals surface area contributed by atoms with Crippen LogP contribution in [-0.2, 0) is 13.6 Å². The summed E-state index contributed by atoms with van der Waals surface area (Å²) in [6, 6.07) is 3.57. The van der Waals surface area contributed by atoms with Gasteiger partial charge in [0, 0.05) is 31.9 Å². The first-order valence-electron chi connectivity index (χ1n) is 6.58. The number of benzene rings is 1. The molecule has 0 fully saturated rings. The van der Waals surface area contributed by atoms with Crippen LogP contribution in [0.3, 0.4) is 0 Å². The monoisotopic (exact) mass is 326 g/mol. The summed E-state index contributed by atoms with van der Waals surface area (Å²) in [6.07, 6.45) is 2.41. The van der Waals surface area contributed by atoms with Crippen molar-refractivity contribution in [2.24, 2.45) is 7.05 Å². The average molecular weight is 327 g/mol. The molecule has 0 spiro atoms. The number of aliphatic hydroxyl groups excluding tert-OH is 1. The van der Waals surface area contributed by atoms with Gasteiger partial charge in [0.05, 0.1) is 17.3 Å². The van der Waals surface area contributed by atoms with Crippen LogP contribution < -0.4 is 10.6 Å². The van der Waals surface area contributed by atoms with E-state index in [0.717, 1.165) is 11.6 Å². The summed E-state index contributed by atoms with van der Waals surface area (Å²) >= 11 is 5.57. The molecule has 0 radical (unpaired) electrons. The Balaban J connectivity index is 1.78. The van der Waals surface area contributed by atoms with Crippen LogP contribution in [0.5, 0.6) is 0 Å². The number of rotatable bonds is 5. The zero-order valence-electron chi connectivity index (χ0n) is 11.9. The maximum atomic E-state index is 13.3. The zero-order chi connectivity index (χ0) is 16.1. The predicted molar refractivity (Wildman–Crippen MR) is 79.8 cm³/mol. The van der Waals surface area contributed by atoms with E-state index in [1.165, 1.54) is 12.1 Å². The molecular weight excluding hydrogens is 311 g/mol. The molecule has 22 heavy (non-hydrogen) atoms. The number of carbonyl (C=O) groups is 1. The number of aromatic nitrogens is 2. The van der Waals surface area contributed by atoms with E-state index >= 15 is 0 Å². The molecule has 1 aromatic carbocycles. The Morgan fingerprint density at radius 3 is 2.91 bits per heavy atom. The summed E-state index contributed by atoms with van der Waals surface area (Å²) in [5.41, 5.74) is 1.20. The second kappa shape index (κ2) is 7.24. The van der Waals surface area contributed by atoms with Crippen LogP contribution in [0, 0.1) is 5.82 Å². The van der Waals surface area contributed by atoms with Crippen LogP contribution in [0.2, 0.25) is 5.02 Å². The average Bonchev–Trinajstić information content (AvgIpc) is 2.91. The van der Waals surface area contributed by atoms with Crippen molar-refractivity contribution in [1.29, 1.82) is 0 Å². The van der Waals surface area contributed by atoms with Crippen molar-refractivity contribution in [1.82, 2.24) is 20.4 Å². The third-order valence-corrected chi connectivity index (χ3v) is 3.30. The van der Waals surface area contributed by atoms with Gasteiger partial charge in [0.2, 0.25) is 0 Å². The predicted octanol–water partition coefficient (Wildman–Crippen LogP) is 1.75. The molecule has 0 bridgehead atoms. The summed E-state index contributed by atoms with van der Waals surface area (Å²) < 4.78 is 14.9. The van der Waals surface area contributed by atoms with Gasteiger partial charge in [0.15, 0.2) is 0 Å². The zero-order valence-corrected chi connectivity index (χ0v) is 12.6. The number of urea groups is 1. The van der Waals surface area contributed by atoms with Crippen LogP contribution in [0.1, 0.15) is 17.2 Å². The molecule has 6 nitrogen and oxygen atoms in total. The smallest absolute Gasteiger partial charge is 0.315 e. The van der Waals surface area contributed by atoms with Gasteiger partial charge in [-0.25, -0.2) is 9.18 Å². The molecule has 1 heterocycles. The lowest BCUT2D eigenvalue weighted by atomic mass is 10.1. The highest BCUT2D eigenvalue weighted by atomic mass is 35.5. The van der Waals surface area contributed by atoms with Crippen molar-refractivity contribution >= 4 is 17.6 Å². The van der Waals surface area contributed by atoms with E-state index in [9.17, 15) is 14.3 Å². The van der Waals surface area contributed by atoms with Crippen molar-refractivity contribution in [3.63, 3.8) is 0 Å². The van der Waals surface area contributed by atoms with Crippen molar-refractivity contribution in [3.05, 3.63) is 52.6 Å². The lowest BCUT2D eigenvalue weighted by molar-refractivity contribution is 0.172. The maximum Gasteiger partial charge on any atom is 0.315 e. The Hall–Kier alpha value is -2.12. The quantitative estimate of drug-likeness (QED) is 0.783. The third kappa shape index (κ3) is 4.44. The largest absolute Gasteiger partial charge is 0.387 e. The molecule has 2 rings (SSSR count). The number of aryl methyl sites for hydroxylation is 1. The molecule has 8 heteroatoms. The first-order chi connectivity index (χ1) is 10.5. The number of amides is 2. The summed E-state index contributed by atoms with van der Waals surface area (Å²) in [5, 5.41) is 19.0. The van der Waals surface area contributed by atoms with Crippen LogP contribution in [0.15, 0.2) is 30.6 Å². The maximum absolute atomic E-state index is 13.3. The second-order valence-corrected chi connectivity index (χ2v) is 5.18. The fraction of sp³-hybridized carbons (Fsp3) is 0.286. The summed E-state index contributed by atoms with van der Waals surface area (Å²) in [7, 11) is 1.78. The summed E-state index contributed by atoms with van der Waals surface area (Å²) in [6.45, 7) is 0.283. The van der Waals surface area contributed by atoms with Gasteiger partial charge in [-0.2, -0.15) is 5.10 Å². The molecule has 2 amide bonds. The summed E-state index contributed by atoms with van der Waals surface area (Å²) in [4.78, 5) is 11.6. The van der Waals surface area contributed by atoms with E-state index in [2.05, 4.69) is 15.7 Å². The van der Waals surface area contributed by atoms with Gasteiger partial charge in [0.1, 0.15) is 5.82 Å². The van der Waals surface area contributed by atoms with Gasteiger partial charge in [0.25, 0.3) is 0 Å². The minimum absolute atomic E-state index is 0.0156. The van der Waals surface area contributed by atoms with Crippen molar-refractivity contribution < 1.29 is 14.3 Å². The van der Waals surface area contributed by atoms with E-state index in [1.54, 1.807) is 24.1 Å². The molecule has 0 aliphatic rings. The Morgan fingerprint density at radius 2 is 2.27 bits per heavy atom. The molecule has 0 aliphatic carbocycles. The molecule has 1 aromatic heterocycles. The molecule has 3 N–H and O–H groups in total. The number of hydrogen-bond acceptors (Lipinski definition) is 3. The first kappa shape index (κ1) is 16.3. The Kier molecular flexibility index (Phi) is 5.35. The van der Waals surface area contributed by atoms with E-state index in [-0.39, 0.29) is 11.6 Å². The van der Waals surface area contributed by atoms with Gasteiger partial charge in [-0.3, -0.25) is 4.68 Å². The van der Waals surface area contributed by atoms with Gasteiger partial charge in [-0.05, 0) is 17.7 Å². The first-order valence-corrected chi connectivity index (χ1v) is 6.95. The van der Waals surface area contributed by atoms with Crippen molar-refractivity contribution in [2.75, 3.05) is 6.54 Å². The highest BCUT2D eigenvalue weighted by Gasteiger charge is 2.11. The van der Waals surface area contributed by atoms with Crippen molar-refractivity contribution in [3.8, 4) is 0 Å². The molecule has 0 aliphatic heterocycles. The highest BCUT2D eigenvalue weighted by molar-refractivity contribution is 6.30. The molecule has 1 atom stereocenters. The van der Waals surface area contributed by atoms with Crippen molar-refractivity contribution in [2.45, 2.75) is 12.6 Å². The summed E-state index contributed by atoms with van der Waals surface area (Å²) in [5.74, 6) is -0.612. The molecule has 0 unspecified atom stereocenters. The minimum atomic E-state index is -1.02. The van der Waals surface area contributed by atoms with E-state index in [4.69, 9.17) is 11.6 Å². The molecular formula is C14H16ClFN4O2. The normalized spacial score (nSPS) is 12.0. The number of nitrogens with zero attached hydrogens (tertiary/aromatic N) is 2. The van der Waals surface area contributed by atoms with Crippen LogP contribution in [0.25, 0.3) is 0 Å². The third-order valence-electron chi connectivity index (χ3n) is 3.00. The van der Waals surface area contributed by atoms with Gasteiger partial charge >= 0.3 is 6.03 Å². The highest BCUT2D eigenvalue weighted by Crippen LogP contribution is 2.19. The number of nitrogens with one attached hydrogen (secondary N) is 2. The van der Waals surface area contributed by atoms with Crippen LogP contribution in [-0.4, -0.2) is 27.5 Å². The Labute approximate surface area is 131 Å². The number of carbonyl (C=O) groups excluding carboxylic acids is 1. The molecule has 118 valence electrons. The van der Waals surface area contributed by atoms with Gasteiger partial charge < -0.3 is 15.7 Å². The fourth-order valence-corrected chi connectivity index (χ4v) is 1.95. The number of aliphatic hydroxyl groups is 1. The topological polar surface area (TPSA) is 79.2 Å². The van der Waals surface area contributed by atoms with E-state index in [0.29, 0.717) is 12.1 Å². The van der Waals surface area contributed by atoms with Crippen LogP contribution in [0.4, 0.5) is 9.18 Å². The molecule has 0 saturated heterocycles. The Morgan fingerprint density at radius 1 is 1.50 bits per heavy atom. The lowest BCUT2D eigenvalue weighted by Gasteiger charge is -2.13.